The SMILES string of the molecule is CCCCCCC[n+]1ccc(C(=O)c2cc[n+](CCCCCCC)cc2)cc1.[Br-].[Br-]. The zero-order valence-electron chi connectivity index (χ0n) is 18.7. The Labute approximate surface area is 204 Å². The second-order valence-electron chi connectivity index (χ2n) is 7.81. The molecule has 0 aliphatic heterocycles. The Morgan fingerprint density at radius 3 is 1.27 bits per heavy atom. The van der Waals surface area contributed by atoms with Gasteiger partial charge in [-0.1, -0.05) is 52.4 Å². The van der Waals surface area contributed by atoms with E-state index in [0.29, 0.717) is 0 Å². The third kappa shape index (κ3) is 10.8. The second-order valence-corrected chi connectivity index (χ2v) is 7.81. The number of carbonyl (C=O) groups is 1. The largest absolute Gasteiger partial charge is 1.00 e. The Kier molecular flexibility index (Phi) is 17.0. The molecule has 0 spiro atoms. The van der Waals surface area contributed by atoms with Crippen molar-refractivity contribution >= 4 is 5.78 Å². The van der Waals surface area contributed by atoms with Crippen LogP contribution in [0.25, 0.3) is 0 Å². The summed E-state index contributed by atoms with van der Waals surface area (Å²) in [5.41, 5.74) is 1.53. The minimum atomic E-state index is 0. The molecule has 3 nitrogen and oxygen atoms in total. The predicted octanol–water partition coefficient (Wildman–Crippen LogP) is -0.559. The number of rotatable bonds is 14. The van der Waals surface area contributed by atoms with Gasteiger partial charge < -0.3 is 34.0 Å². The maximum absolute atomic E-state index is 12.7. The minimum Gasteiger partial charge on any atom is -1.00 e. The second kappa shape index (κ2) is 17.6. The number of halogens is 2. The van der Waals surface area contributed by atoms with Crippen LogP contribution in [0.1, 0.15) is 94.0 Å². The first-order valence-electron chi connectivity index (χ1n) is 11.3. The van der Waals surface area contributed by atoms with Crippen LogP contribution in [-0.2, 0) is 13.1 Å². The van der Waals surface area contributed by atoms with Crippen LogP contribution < -0.4 is 43.1 Å². The van der Waals surface area contributed by atoms with Crippen molar-refractivity contribution in [3.05, 3.63) is 60.2 Å². The lowest BCUT2D eigenvalue weighted by molar-refractivity contribution is -0.697. The lowest BCUT2D eigenvalue weighted by Gasteiger charge is -2.02. The summed E-state index contributed by atoms with van der Waals surface area (Å²) in [6.07, 6.45) is 21.0. The Hall–Kier alpha value is -1.07. The Morgan fingerprint density at radius 1 is 0.600 bits per heavy atom. The van der Waals surface area contributed by atoms with Gasteiger partial charge >= 0.3 is 0 Å². The van der Waals surface area contributed by atoms with E-state index in [9.17, 15) is 4.79 Å². The van der Waals surface area contributed by atoms with E-state index in [0.717, 1.165) is 24.2 Å². The number of carbonyl (C=O) groups excluding carboxylic acids is 1. The lowest BCUT2D eigenvalue weighted by atomic mass is 10.1. The van der Waals surface area contributed by atoms with Crippen molar-refractivity contribution in [2.45, 2.75) is 91.1 Å². The summed E-state index contributed by atoms with van der Waals surface area (Å²) in [5.74, 6) is 0.102. The average molecular weight is 542 g/mol. The van der Waals surface area contributed by atoms with E-state index < -0.39 is 0 Å². The quantitative estimate of drug-likeness (QED) is 0.179. The van der Waals surface area contributed by atoms with Crippen molar-refractivity contribution < 1.29 is 47.9 Å². The van der Waals surface area contributed by atoms with Crippen LogP contribution in [0.15, 0.2) is 49.1 Å². The molecule has 0 atom stereocenters. The number of hydrogen-bond acceptors (Lipinski definition) is 1. The van der Waals surface area contributed by atoms with E-state index in [1.807, 2.05) is 49.1 Å². The molecule has 168 valence electrons. The Bertz CT molecular complexity index is 628. The number of hydrogen-bond donors (Lipinski definition) is 0. The van der Waals surface area contributed by atoms with Gasteiger partial charge in [0.2, 0.25) is 0 Å². The zero-order valence-corrected chi connectivity index (χ0v) is 21.8. The van der Waals surface area contributed by atoms with Crippen LogP contribution >= 0.6 is 0 Å². The fraction of sp³-hybridized carbons (Fsp3) is 0.560. The van der Waals surface area contributed by atoms with E-state index in [2.05, 4.69) is 23.0 Å². The molecule has 2 heterocycles. The van der Waals surface area contributed by atoms with Crippen molar-refractivity contribution in [2.24, 2.45) is 0 Å². The number of aromatic nitrogens is 2. The van der Waals surface area contributed by atoms with Gasteiger partial charge in [0.15, 0.2) is 30.6 Å². The topological polar surface area (TPSA) is 24.8 Å². The van der Waals surface area contributed by atoms with Gasteiger partial charge in [-0.2, -0.15) is 0 Å². The van der Waals surface area contributed by atoms with Crippen molar-refractivity contribution in [1.29, 1.82) is 0 Å². The fourth-order valence-electron chi connectivity index (χ4n) is 3.48. The Morgan fingerprint density at radius 2 is 0.933 bits per heavy atom. The van der Waals surface area contributed by atoms with E-state index in [-0.39, 0.29) is 39.7 Å². The average Bonchev–Trinajstić information content (AvgIpc) is 2.74. The molecule has 0 aliphatic carbocycles. The van der Waals surface area contributed by atoms with Crippen molar-refractivity contribution in [3.8, 4) is 0 Å². The smallest absolute Gasteiger partial charge is 0.193 e. The molecule has 2 rings (SSSR count). The maximum Gasteiger partial charge on any atom is 0.193 e. The highest BCUT2D eigenvalue weighted by Crippen LogP contribution is 2.08. The lowest BCUT2D eigenvalue weighted by Crippen LogP contribution is -3.00. The number of nitrogens with zero attached hydrogens (tertiary/aromatic N) is 2. The first-order valence-corrected chi connectivity index (χ1v) is 11.3. The number of pyridine rings is 2. The third-order valence-electron chi connectivity index (χ3n) is 5.35. The molecule has 0 amide bonds. The molecule has 0 N–H and O–H groups in total. The van der Waals surface area contributed by atoms with Gasteiger partial charge in [0.25, 0.3) is 0 Å². The van der Waals surface area contributed by atoms with Gasteiger partial charge in [0.1, 0.15) is 13.1 Å². The monoisotopic (exact) mass is 540 g/mol. The third-order valence-corrected chi connectivity index (χ3v) is 5.35. The van der Waals surface area contributed by atoms with Gasteiger partial charge in [-0.15, -0.1) is 0 Å². The highest BCUT2D eigenvalue weighted by Gasteiger charge is 2.12. The summed E-state index contributed by atoms with van der Waals surface area (Å²) >= 11 is 0. The van der Waals surface area contributed by atoms with Crippen LogP contribution in [0.2, 0.25) is 0 Å². The summed E-state index contributed by atoms with van der Waals surface area (Å²) in [6.45, 7) is 6.54. The van der Waals surface area contributed by atoms with Crippen LogP contribution in [-0.4, -0.2) is 5.78 Å². The van der Waals surface area contributed by atoms with Crippen LogP contribution in [0, 0.1) is 0 Å². The van der Waals surface area contributed by atoms with Gasteiger partial charge in [-0.05, 0) is 12.8 Å². The molecular weight excluding hydrogens is 504 g/mol. The summed E-state index contributed by atoms with van der Waals surface area (Å²) < 4.78 is 4.36. The molecule has 0 bridgehead atoms. The summed E-state index contributed by atoms with van der Waals surface area (Å²) in [7, 11) is 0. The van der Waals surface area contributed by atoms with Crippen molar-refractivity contribution in [2.75, 3.05) is 0 Å². The zero-order chi connectivity index (χ0) is 20.0. The van der Waals surface area contributed by atoms with Gasteiger partial charge in [0, 0.05) is 48.2 Å². The van der Waals surface area contributed by atoms with Gasteiger partial charge in [0.05, 0.1) is 0 Å². The van der Waals surface area contributed by atoms with Gasteiger partial charge in [-0.25, -0.2) is 9.13 Å². The molecular formula is C25H38Br2N2O. The molecule has 0 saturated heterocycles. The summed E-state index contributed by atoms with van der Waals surface area (Å²) in [6, 6.07) is 7.79. The molecule has 0 radical (unpaired) electrons. The van der Waals surface area contributed by atoms with Crippen molar-refractivity contribution in [1.82, 2.24) is 0 Å². The molecule has 2 aromatic heterocycles. The van der Waals surface area contributed by atoms with E-state index >= 15 is 0 Å². The normalized spacial score (nSPS) is 10.2. The number of ketones is 1. The first-order chi connectivity index (χ1) is 13.7. The highest BCUT2D eigenvalue weighted by atomic mass is 79.9. The molecule has 0 fully saturated rings. The predicted molar refractivity (Wildman–Crippen MR) is 114 cm³/mol. The molecule has 0 aliphatic rings. The van der Waals surface area contributed by atoms with Crippen LogP contribution in [0.3, 0.4) is 0 Å². The molecule has 0 aromatic carbocycles. The molecule has 2 aromatic rings. The maximum atomic E-state index is 12.7. The number of unbranched alkanes of at least 4 members (excludes halogenated alkanes) is 8. The summed E-state index contributed by atoms with van der Waals surface area (Å²) in [4.78, 5) is 12.7. The van der Waals surface area contributed by atoms with Crippen LogP contribution in [0.4, 0.5) is 0 Å². The van der Waals surface area contributed by atoms with E-state index in [1.165, 1.54) is 64.2 Å². The highest BCUT2D eigenvalue weighted by molar-refractivity contribution is 6.08. The van der Waals surface area contributed by atoms with Crippen LogP contribution in [0.5, 0.6) is 0 Å². The summed E-state index contributed by atoms with van der Waals surface area (Å²) in [5, 5.41) is 0. The Balaban J connectivity index is 0.00000420. The molecule has 0 unspecified atom stereocenters. The minimum absolute atomic E-state index is 0. The van der Waals surface area contributed by atoms with E-state index in [4.69, 9.17) is 0 Å². The van der Waals surface area contributed by atoms with Crippen molar-refractivity contribution in [3.63, 3.8) is 0 Å². The standard InChI is InChI=1S/C25H38N2O.2BrH/c1-3-5-7-9-11-17-26-19-13-23(14-20-26)25(28)24-15-21-27(22-16-24)18-12-10-8-6-4-2;;/h13-16,19-22H,3-12,17-18H2,1-2H3;2*1H/q+2;;/p-2. The van der Waals surface area contributed by atoms with Gasteiger partial charge in [-0.3, -0.25) is 4.79 Å². The fourth-order valence-corrected chi connectivity index (χ4v) is 3.48. The molecule has 5 heteroatoms. The molecule has 0 saturated carbocycles. The molecule has 30 heavy (non-hydrogen) atoms. The van der Waals surface area contributed by atoms with E-state index in [1.54, 1.807) is 0 Å². The first kappa shape index (κ1) is 28.9. The number of aryl methyl sites for hydroxylation is 2.